The summed E-state index contributed by atoms with van der Waals surface area (Å²) in [6, 6.07) is 4.62. The summed E-state index contributed by atoms with van der Waals surface area (Å²) in [5.41, 5.74) is 1.15. The van der Waals surface area contributed by atoms with E-state index in [1.165, 1.54) is 19.3 Å². The Balaban J connectivity index is 1.41. The molecule has 1 atom stereocenters. The molecule has 5 nitrogen and oxygen atoms in total. The van der Waals surface area contributed by atoms with E-state index in [1.807, 2.05) is 6.07 Å². The average Bonchev–Trinajstić information content (AvgIpc) is 2.40. The van der Waals surface area contributed by atoms with Crippen molar-refractivity contribution in [3.8, 4) is 0 Å². The first kappa shape index (κ1) is 12.8. The van der Waals surface area contributed by atoms with Crippen molar-refractivity contribution in [2.45, 2.75) is 37.6 Å². The van der Waals surface area contributed by atoms with Gasteiger partial charge in [0.05, 0.1) is 18.9 Å². The Morgan fingerprint density at radius 3 is 2.89 bits per heavy atom. The van der Waals surface area contributed by atoms with Crippen LogP contribution in [0.2, 0.25) is 0 Å². The Labute approximate surface area is 114 Å². The molecule has 0 amide bonds. The van der Waals surface area contributed by atoms with Gasteiger partial charge in [-0.1, -0.05) is 6.42 Å². The van der Waals surface area contributed by atoms with E-state index in [2.05, 4.69) is 26.9 Å². The van der Waals surface area contributed by atoms with E-state index >= 15 is 0 Å². The summed E-state index contributed by atoms with van der Waals surface area (Å²) in [5, 5.41) is 15.3. The van der Waals surface area contributed by atoms with Gasteiger partial charge in [-0.3, -0.25) is 0 Å². The fourth-order valence-electron chi connectivity index (χ4n) is 2.54. The molecular weight excluding hydrogens is 240 g/mol. The van der Waals surface area contributed by atoms with Crippen molar-refractivity contribution in [1.82, 2.24) is 15.5 Å². The molecule has 0 bridgehead atoms. The van der Waals surface area contributed by atoms with Gasteiger partial charge in [-0.25, -0.2) is 0 Å². The fraction of sp³-hybridized carbons (Fsp3) is 0.714. The molecule has 19 heavy (non-hydrogen) atoms. The first-order valence-electron chi connectivity index (χ1n) is 7.30. The van der Waals surface area contributed by atoms with Crippen molar-refractivity contribution >= 4 is 5.82 Å². The van der Waals surface area contributed by atoms with Gasteiger partial charge in [0.1, 0.15) is 5.82 Å². The molecule has 3 rings (SSSR count). The second-order valence-electron chi connectivity index (χ2n) is 5.41. The minimum atomic E-state index is 0.462. The van der Waals surface area contributed by atoms with Crippen LogP contribution in [0.15, 0.2) is 12.1 Å². The Kier molecular flexibility index (Phi) is 4.25. The molecule has 2 aliphatic rings. The largest absolute Gasteiger partial charge is 0.379 e. The van der Waals surface area contributed by atoms with Crippen molar-refractivity contribution in [3.63, 3.8) is 0 Å². The number of aromatic nitrogens is 2. The number of nitrogens with zero attached hydrogens (tertiary/aromatic N) is 2. The molecule has 1 aromatic heterocycles. The second kappa shape index (κ2) is 6.30. The van der Waals surface area contributed by atoms with Crippen molar-refractivity contribution in [2.75, 3.05) is 31.6 Å². The van der Waals surface area contributed by atoms with Gasteiger partial charge in [-0.15, -0.1) is 5.10 Å². The zero-order chi connectivity index (χ0) is 12.9. The summed E-state index contributed by atoms with van der Waals surface area (Å²) in [4.78, 5) is 0. The van der Waals surface area contributed by atoms with Crippen molar-refractivity contribution in [1.29, 1.82) is 0 Å². The van der Waals surface area contributed by atoms with Gasteiger partial charge in [-0.05, 0) is 31.4 Å². The molecule has 1 aliphatic carbocycles. The van der Waals surface area contributed by atoms with Gasteiger partial charge in [0.15, 0.2) is 0 Å². The fourth-order valence-corrected chi connectivity index (χ4v) is 2.54. The van der Waals surface area contributed by atoms with E-state index in [4.69, 9.17) is 4.74 Å². The second-order valence-corrected chi connectivity index (χ2v) is 5.41. The molecule has 1 unspecified atom stereocenters. The summed E-state index contributed by atoms with van der Waals surface area (Å²) >= 11 is 0. The standard InChI is InChI=1S/C14H22N4O/c1-2-11(3-1)13-4-5-14(18-17-13)16-7-6-12-10-19-9-8-15-12/h4-5,11-12,15H,1-3,6-10H2,(H,16,18). The third kappa shape index (κ3) is 3.42. The minimum absolute atomic E-state index is 0.462. The normalized spacial score (nSPS) is 23.9. The van der Waals surface area contributed by atoms with Gasteiger partial charge in [-0.2, -0.15) is 5.10 Å². The number of nitrogens with one attached hydrogen (secondary N) is 2. The maximum Gasteiger partial charge on any atom is 0.148 e. The van der Waals surface area contributed by atoms with Crippen LogP contribution < -0.4 is 10.6 Å². The third-order valence-electron chi connectivity index (χ3n) is 4.01. The lowest BCUT2D eigenvalue weighted by Crippen LogP contribution is -2.42. The summed E-state index contributed by atoms with van der Waals surface area (Å²) in [5.74, 6) is 1.53. The number of anilines is 1. The number of hydrogen-bond acceptors (Lipinski definition) is 5. The number of morpholine rings is 1. The van der Waals surface area contributed by atoms with Crippen LogP contribution in [0.1, 0.15) is 37.3 Å². The lowest BCUT2D eigenvalue weighted by atomic mass is 9.83. The summed E-state index contributed by atoms with van der Waals surface area (Å²) < 4.78 is 5.43. The highest BCUT2D eigenvalue weighted by Gasteiger charge is 2.20. The molecule has 5 heteroatoms. The van der Waals surface area contributed by atoms with Gasteiger partial charge < -0.3 is 15.4 Å². The molecule has 1 saturated heterocycles. The Hall–Kier alpha value is -1.20. The molecule has 2 fully saturated rings. The van der Waals surface area contributed by atoms with Gasteiger partial charge >= 0.3 is 0 Å². The molecule has 1 saturated carbocycles. The molecule has 0 spiro atoms. The van der Waals surface area contributed by atoms with Gasteiger partial charge in [0, 0.05) is 25.0 Å². The van der Waals surface area contributed by atoms with Crippen LogP contribution in [0.4, 0.5) is 5.82 Å². The topological polar surface area (TPSA) is 59.1 Å². The smallest absolute Gasteiger partial charge is 0.148 e. The molecule has 2 heterocycles. The maximum atomic E-state index is 5.43. The lowest BCUT2D eigenvalue weighted by molar-refractivity contribution is 0.0753. The Morgan fingerprint density at radius 1 is 1.32 bits per heavy atom. The average molecular weight is 262 g/mol. The van der Waals surface area contributed by atoms with Gasteiger partial charge in [0.2, 0.25) is 0 Å². The van der Waals surface area contributed by atoms with E-state index in [-0.39, 0.29) is 0 Å². The predicted octanol–water partition coefficient (Wildman–Crippen LogP) is 1.53. The highest BCUT2D eigenvalue weighted by Crippen LogP contribution is 2.34. The lowest BCUT2D eigenvalue weighted by Gasteiger charge is -2.24. The third-order valence-corrected chi connectivity index (χ3v) is 4.01. The van der Waals surface area contributed by atoms with Crippen LogP contribution in [-0.2, 0) is 4.74 Å². The van der Waals surface area contributed by atoms with Crippen LogP contribution in [0.3, 0.4) is 0 Å². The first-order valence-corrected chi connectivity index (χ1v) is 7.30. The predicted molar refractivity (Wildman–Crippen MR) is 74.3 cm³/mol. The highest BCUT2D eigenvalue weighted by atomic mass is 16.5. The Morgan fingerprint density at radius 2 is 2.26 bits per heavy atom. The zero-order valence-electron chi connectivity index (χ0n) is 11.3. The zero-order valence-corrected chi connectivity index (χ0v) is 11.3. The quantitative estimate of drug-likeness (QED) is 0.843. The molecule has 1 aliphatic heterocycles. The Bertz CT molecular complexity index is 385. The summed E-state index contributed by atoms with van der Waals surface area (Å²) in [6.45, 7) is 3.51. The molecule has 1 aromatic rings. The van der Waals surface area contributed by atoms with E-state index in [0.29, 0.717) is 12.0 Å². The number of hydrogen-bond donors (Lipinski definition) is 2. The van der Waals surface area contributed by atoms with Crippen molar-refractivity contribution < 1.29 is 4.74 Å². The summed E-state index contributed by atoms with van der Waals surface area (Å²) in [7, 11) is 0. The molecular formula is C14H22N4O. The van der Waals surface area contributed by atoms with Crippen LogP contribution in [0, 0.1) is 0 Å². The van der Waals surface area contributed by atoms with E-state index < -0.39 is 0 Å². The monoisotopic (exact) mass is 262 g/mol. The minimum Gasteiger partial charge on any atom is -0.379 e. The van der Waals surface area contributed by atoms with Crippen molar-refractivity contribution in [3.05, 3.63) is 17.8 Å². The highest BCUT2D eigenvalue weighted by molar-refractivity contribution is 5.33. The number of ether oxygens (including phenoxy) is 1. The first-order chi connectivity index (χ1) is 9.42. The molecule has 0 aromatic carbocycles. The van der Waals surface area contributed by atoms with Crippen LogP contribution >= 0.6 is 0 Å². The summed E-state index contributed by atoms with van der Waals surface area (Å²) in [6.07, 6.45) is 4.93. The number of rotatable bonds is 5. The van der Waals surface area contributed by atoms with Crippen molar-refractivity contribution in [2.24, 2.45) is 0 Å². The van der Waals surface area contributed by atoms with E-state index in [9.17, 15) is 0 Å². The SMILES string of the molecule is c1cc(C2CCC2)nnc1NCCC1COCCN1. The molecule has 104 valence electrons. The molecule has 0 radical (unpaired) electrons. The van der Waals surface area contributed by atoms with E-state index in [1.54, 1.807) is 0 Å². The maximum absolute atomic E-state index is 5.43. The van der Waals surface area contributed by atoms with Crippen LogP contribution in [0.25, 0.3) is 0 Å². The molecule has 2 N–H and O–H groups in total. The van der Waals surface area contributed by atoms with Crippen LogP contribution in [0.5, 0.6) is 0 Å². The van der Waals surface area contributed by atoms with E-state index in [0.717, 1.165) is 44.2 Å². The van der Waals surface area contributed by atoms with Gasteiger partial charge in [0.25, 0.3) is 0 Å². The van der Waals surface area contributed by atoms with Crippen LogP contribution in [-0.4, -0.2) is 42.5 Å².